The Kier molecular flexibility index (Phi) is 10.3. The summed E-state index contributed by atoms with van der Waals surface area (Å²) < 4.78 is 0. The second-order valence-electron chi connectivity index (χ2n) is 8.92. The first-order chi connectivity index (χ1) is 15.7. The Morgan fingerprint density at radius 2 is 1.09 bits per heavy atom. The molecule has 32 heavy (non-hydrogen) atoms. The Labute approximate surface area is 193 Å². The highest BCUT2D eigenvalue weighted by atomic mass is 16.2. The second kappa shape index (κ2) is 13.7. The van der Waals surface area contributed by atoms with Crippen LogP contribution in [-0.4, -0.2) is 17.9 Å². The highest BCUT2D eigenvalue weighted by Crippen LogP contribution is 2.26. The number of carbonyl (C=O) groups excluding carboxylic acids is 2. The number of para-hydroxylation sites is 2. The van der Waals surface area contributed by atoms with E-state index >= 15 is 0 Å². The standard InChI is InChI=1S/C28H38N2O2/c31-27(29-24-16-10-6-4-2-1-3-5-7-11-17-24)22-23-28(32)30(25-18-12-8-13-19-25)26-20-14-9-15-21-26/h8-9,12-15,18-21,24H,1-7,10-11,16-17,22-23H2,(H,29,31). The van der Waals surface area contributed by atoms with Crippen LogP contribution in [0.3, 0.4) is 0 Å². The van der Waals surface area contributed by atoms with E-state index in [1.54, 1.807) is 4.90 Å². The van der Waals surface area contributed by atoms with E-state index in [-0.39, 0.29) is 30.7 Å². The maximum absolute atomic E-state index is 13.1. The first-order valence-electron chi connectivity index (χ1n) is 12.5. The van der Waals surface area contributed by atoms with Gasteiger partial charge in [-0.3, -0.25) is 14.5 Å². The molecule has 1 aliphatic rings. The van der Waals surface area contributed by atoms with Crippen molar-refractivity contribution in [3.05, 3.63) is 60.7 Å². The van der Waals surface area contributed by atoms with Gasteiger partial charge in [-0.15, -0.1) is 0 Å². The minimum atomic E-state index is -0.0590. The van der Waals surface area contributed by atoms with Crippen LogP contribution in [-0.2, 0) is 9.59 Å². The van der Waals surface area contributed by atoms with Crippen molar-refractivity contribution in [2.45, 2.75) is 89.5 Å². The van der Waals surface area contributed by atoms with Crippen LogP contribution in [0.1, 0.15) is 83.5 Å². The van der Waals surface area contributed by atoms with Gasteiger partial charge in [0.25, 0.3) is 0 Å². The fraction of sp³-hybridized carbons (Fsp3) is 0.500. The van der Waals surface area contributed by atoms with E-state index in [2.05, 4.69) is 5.32 Å². The topological polar surface area (TPSA) is 49.4 Å². The molecule has 0 saturated heterocycles. The first kappa shape index (κ1) is 24.0. The molecule has 172 valence electrons. The third-order valence-electron chi connectivity index (χ3n) is 6.31. The number of hydrogen-bond acceptors (Lipinski definition) is 2. The summed E-state index contributed by atoms with van der Waals surface area (Å²) in [5.74, 6) is -0.0623. The lowest BCUT2D eigenvalue weighted by Crippen LogP contribution is -2.36. The fourth-order valence-electron chi connectivity index (χ4n) is 4.53. The molecule has 1 saturated carbocycles. The van der Waals surface area contributed by atoms with E-state index in [0.29, 0.717) is 0 Å². The Morgan fingerprint density at radius 3 is 1.56 bits per heavy atom. The number of benzene rings is 2. The van der Waals surface area contributed by atoms with Crippen molar-refractivity contribution >= 4 is 23.2 Å². The predicted molar refractivity (Wildman–Crippen MR) is 132 cm³/mol. The maximum Gasteiger partial charge on any atom is 0.232 e. The zero-order valence-corrected chi connectivity index (χ0v) is 19.3. The van der Waals surface area contributed by atoms with Gasteiger partial charge in [-0.05, 0) is 37.1 Å². The lowest BCUT2D eigenvalue weighted by molar-refractivity contribution is -0.125. The van der Waals surface area contributed by atoms with Crippen molar-refractivity contribution in [2.75, 3.05) is 4.90 Å². The van der Waals surface area contributed by atoms with Crippen molar-refractivity contribution in [3.63, 3.8) is 0 Å². The third kappa shape index (κ3) is 8.14. The molecule has 0 radical (unpaired) electrons. The number of carbonyl (C=O) groups is 2. The van der Waals surface area contributed by atoms with Crippen LogP contribution >= 0.6 is 0 Å². The molecule has 1 fully saturated rings. The molecule has 0 aliphatic heterocycles. The highest BCUT2D eigenvalue weighted by molar-refractivity contribution is 6.01. The monoisotopic (exact) mass is 434 g/mol. The molecule has 0 atom stereocenters. The molecule has 0 bridgehead atoms. The van der Waals surface area contributed by atoms with Gasteiger partial charge < -0.3 is 5.32 Å². The molecule has 0 aromatic heterocycles. The summed E-state index contributed by atoms with van der Waals surface area (Å²) in [5, 5.41) is 3.24. The molecule has 4 heteroatoms. The van der Waals surface area contributed by atoms with E-state index in [9.17, 15) is 9.59 Å². The number of hydrogen-bond donors (Lipinski definition) is 1. The van der Waals surface area contributed by atoms with Crippen molar-refractivity contribution in [3.8, 4) is 0 Å². The number of amides is 2. The van der Waals surface area contributed by atoms with Crippen molar-refractivity contribution in [1.82, 2.24) is 5.32 Å². The molecular weight excluding hydrogens is 396 g/mol. The molecule has 2 aromatic carbocycles. The lowest BCUT2D eigenvalue weighted by Gasteiger charge is -2.23. The van der Waals surface area contributed by atoms with E-state index in [4.69, 9.17) is 0 Å². The molecule has 1 aliphatic carbocycles. The smallest absolute Gasteiger partial charge is 0.232 e. The van der Waals surface area contributed by atoms with Crippen molar-refractivity contribution < 1.29 is 9.59 Å². The minimum Gasteiger partial charge on any atom is -0.353 e. The Morgan fingerprint density at radius 1 is 0.656 bits per heavy atom. The average Bonchev–Trinajstić information content (AvgIpc) is 2.81. The van der Waals surface area contributed by atoms with Gasteiger partial charge in [-0.2, -0.15) is 0 Å². The lowest BCUT2D eigenvalue weighted by atomic mass is 9.98. The summed E-state index contributed by atoms with van der Waals surface area (Å²) in [6.07, 6.45) is 14.1. The number of nitrogens with zero attached hydrogens (tertiary/aromatic N) is 1. The Hall–Kier alpha value is -2.62. The van der Waals surface area contributed by atoms with Crippen LogP contribution in [0.4, 0.5) is 11.4 Å². The Bertz CT molecular complexity index is 755. The summed E-state index contributed by atoms with van der Waals surface area (Å²) in [4.78, 5) is 27.6. The van der Waals surface area contributed by atoms with E-state index in [1.165, 1.54) is 57.8 Å². The summed E-state index contributed by atoms with van der Waals surface area (Å²) >= 11 is 0. The van der Waals surface area contributed by atoms with Crippen LogP contribution in [0.25, 0.3) is 0 Å². The second-order valence-corrected chi connectivity index (χ2v) is 8.92. The number of rotatable bonds is 6. The van der Waals surface area contributed by atoms with E-state index in [1.807, 2.05) is 60.7 Å². The first-order valence-corrected chi connectivity index (χ1v) is 12.5. The van der Waals surface area contributed by atoms with Gasteiger partial charge in [-0.1, -0.05) is 94.2 Å². The van der Waals surface area contributed by atoms with E-state index in [0.717, 1.165) is 24.2 Å². The molecule has 2 aromatic rings. The normalized spacial score (nSPS) is 16.4. The summed E-state index contributed by atoms with van der Waals surface area (Å²) in [5.41, 5.74) is 1.65. The summed E-state index contributed by atoms with van der Waals surface area (Å²) in [6, 6.07) is 19.5. The van der Waals surface area contributed by atoms with Crippen molar-refractivity contribution in [1.29, 1.82) is 0 Å². The number of anilines is 2. The molecule has 1 N–H and O–H groups in total. The van der Waals surface area contributed by atoms with Crippen LogP contribution in [0, 0.1) is 0 Å². The van der Waals surface area contributed by atoms with Crippen LogP contribution in [0.5, 0.6) is 0 Å². The molecule has 0 unspecified atom stereocenters. The summed E-state index contributed by atoms with van der Waals surface area (Å²) in [7, 11) is 0. The van der Waals surface area contributed by atoms with Gasteiger partial charge in [0, 0.05) is 30.3 Å². The summed E-state index contributed by atoms with van der Waals surface area (Å²) in [6.45, 7) is 0. The fourth-order valence-corrected chi connectivity index (χ4v) is 4.53. The molecule has 3 rings (SSSR count). The maximum atomic E-state index is 13.1. The highest BCUT2D eigenvalue weighted by Gasteiger charge is 2.20. The predicted octanol–water partition coefficient (Wildman–Crippen LogP) is 6.92. The quantitative estimate of drug-likeness (QED) is 0.536. The molecule has 0 heterocycles. The zero-order chi connectivity index (χ0) is 22.4. The largest absolute Gasteiger partial charge is 0.353 e. The SMILES string of the molecule is O=C(CCC(=O)N(c1ccccc1)c1ccccc1)NC1CCCCCCCCCCC1. The van der Waals surface area contributed by atoms with Crippen LogP contribution < -0.4 is 10.2 Å². The van der Waals surface area contributed by atoms with Crippen molar-refractivity contribution in [2.24, 2.45) is 0 Å². The molecule has 0 spiro atoms. The Balaban J connectivity index is 1.55. The van der Waals surface area contributed by atoms with Gasteiger partial charge in [0.1, 0.15) is 0 Å². The van der Waals surface area contributed by atoms with Crippen LogP contribution in [0.15, 0.2) is 60.7 Å². The van der Waals surface area contributed by atoms with E-state index < -0.39 is 0 Å². The van der Waals surface area contributed by atoms with Gasteiger partial charge in [0.05, 0.1) is 0 Å². The average molecular weight is 435 g/mol. The number of nitrogens with one attached hydrogen (secondary N) is 1. The molecular formula is C28H38N2O2. The molecule has 4 nitrogen and oxygen atoms in total. The zero-order valence-electron chi connectivity index (χ0n) is 19.3. The van der Waals surface area contributed by atoms with Gasteiger partial charge in [0.2, 0.25) is 11.8 Å². The van der Waals surface area contributed by atoms with Crippen LogP contribution in [0.2, 0.25) is 0 Å². The van der Waals surface area contributed by atoms with Gasteiger partial charge in [0.15, 0.2) is 0 Å². The van der Waals surface area contributed by atoms with Gasteiger partial charge in [-0.25, -0.2) is 0 Å². The third-order valence-corrected chi connectivity index (χ3v) is 6.31. The van der Waals surface area contributed by atoms with Gasteiger partial charge >= 0.3 is 0 Å². The minimum absolute atomic E-state index is 0.00322. The molecule has 2 amide bonds.